The van der Waals surface area contributed by atoms with Gasteiger partial charge in [-0.15, -0.1) is 11.3 Å². The quantitative estimate of drug-likeness (QED) is 0.546. The normalized spacial score (nSPS) is 10.6. The molecule has 0 amide bonds. The number of aromatic nitrogens is 3. The Bertz CT molecular complexity index is 777. The Hall–Kier alpha value is -2.54. The van der Waals surface area contributed by atoms with E-state index in [2.05, 4.69) is 15.1 Å². The first-order valence-corrected chi connectivity index (χ1v) is 7.04. The summed E-state index contributed by atoms with van der Waals surface area (Å²) < 4.78 is 10.2. The van der Waals surface area contributed by atoms with Crippen molar-refractivity contribution in [2.45, 2.75) is 13.8 Å². The van der Waals surface area contributed by atoms with Crippen LogP contribution in [0.15, 0.2) is 34.3 Å². The fourth-order valence-electron chi connectivity index (χ4n) is 1.74. The van der Waals surface area contributed by atoms with E-state index < -0.39 is 5.97 Å². The molecule has 0 bridgehead atoms. The van der Waals surface area contributed by atoms with Crippen molar-refractivity contribution < 1.29 is 14.1 Å². The van der Waals surface area contributed by atoms with E-state index in [0.29, 0.717) is 28.0 Å². The van der Waals surface area contributed by atoms with Crippen molar-refractivity contribution in [1.82, 2.24) is 15.1 Å². The molecule has 0 unspecified atom stereocenters. The van der Waals surface area contributed by atoms with Crippen LogP contribution in [0.3, 0.4) is 0 Å². The third-order valence-electron chi connectivity index (χ3n) is 2.78. The smallest absolute Gasteiger partial charge is 0.355 e. The van der Waals surface area contributed by atoms with E-state index in [4.69, 9.17) is 9.26 Å². The number of nitrogens with zero attached hydrogens (tertiary/aromatic N) is 3. The van der Waals surface area contributed by atoms with Crippen LogP contribution in [-0.2, 0) is 0 Å². The van der Waals surface area contributed by atoms with E-state index in [1.54, 1.807) is 43.6 Å². The molecule has 0 aliphatic carbocycles. The van der Waals surface area contributed by atoms with Crippen molar-refractivity contribution >= 4 is 17.3 Å². The van der Waals surface area contributed by atoms with Crippen molar-refractivity contribution in [3.05, 3.63) is 46.2 Å². The summed E-state index contributed by atoms with van der Waals surface area (Å²) >= 11 is 1.26. The van der Waals surface area contributed by atoms with Gasteiger partial charge in [-0.1, -0.05) is 5.16 Å². The SMILES string of the molecule is Cc1nc(-c2ccc(OC(=O)c3scnc3C)cc2)no1. The number of benzene rings is 1. The van der Waals surface area contributed by atoms with Crippen molar-refractivity contribution in [2.24, 2.45) is 0 Å². The second-order valence-electron chi connectivity index (χ2n) is 4.32. The van der Waals surface area contributed by atoms with Crippen LogP contribution < -0.4 is 4.74 Å². The first-order chi connectivity index (χ1) is 10.1. The predicted molar refractivity (Wildman–Crippen MR) is 76.3 cm³/mol. The lowest BCUT2D eigenvalue weighted by atomic mass is 10.2. The number of hydrogen-bond donors (Lipinski definition) is 0. The van der Waals surface area contributed by atoms with E-state index in [9.17, 15) is 4.79 Å². The number of rotatable bonds is 3. The van der Waals surface area contributed by atoms with Gasteiger partial charge < -0.3 is 9.26 Å². The van der Waals surface area contributed by atoms with E-state index in [-0.39, 0.29) is 0 Å². The number of hydrogen-bond acceptors (Lipinski definition) is 7. The summed E-state index contributed by atoms with van der Waals surface area (Å²) in [5.41, 5.74) is 3.08. The topological polar surface area (TPSA) is 78.1 Å². The molecule has 2 heterocycles. The van der Waals surface area contributed by atoms with Crippen molar-refractivity contribution in [3.63, 3.8) is 0 Å². The molecule has 0 saturated heterocycles. The molecule has 2 aromatic heterocycles. The number of thiazole rings is 1. The predicted octanol–water partition coefficient (Wildman–Crippen LogP) is 3.03. The van der Waals surface area contributed by atoms with Crippen LogP contribution in [0.4, 0.5) is 0 Å². The Kier molecular flexibility index (Phi) is 3.49. The maximum Gasteiger partial charge on any atom is 0.355 e. The standard InChI is InChI=1S/C14H11N3O3S/c1-8-12(21-7-15-8)14(18)19-11-5-3-10(4-6-11)13-16-9(2)20-17-13/h3-7H,1-2H3. The molecule has 0 fully saturated rings. The summed E-state index contributed by atoms with van der Waals surface area (Å²) in [7, 11) is 0. The van der Waals surface area contributed by atoms with Gasteiger partial charge in [0.15, 0.2) is 0 Å². The van der Waals surface area contributed by atoms with Gasteiger partial charge in [-0.2, -0.15) is 4.98 Å². The lowest BCUT2D eigenvalue weighted by molar-refractivity contribution is 0.0739. The number of aryl methyl sites for hydroxylation is 2. The Morgan fingerprint density at radius 2 is 2.00 bits per heavy atom. The molecule has 0 radical (unpaired) electrons. The number of carbonyl (C=O) groups is 1. The molecule has 0 N–H and O–H groups in total. The summed E-state index contributed by atoms with van der Waals surface area (Å²) in [4.78, 5) is 20.6. The molecule has 6 nitrogen and oxygen atoms in total. The molecule has 21 heavy (non-hydrogen) atoms. The molecule has 3 aromatic rings. The second-order valence-corrected chi connectivity index (χ2v) is 5.17. The molecule has 0 aliphatic rings. The van der Waals surface area contributed by atoms with Gasteiger partial charge in [-0.05, 0) is 31.2 Å². The van der Waals surface area contributed by atoms with E-state index in [1.165, 1.54) is 11.3 Å². The Morgan fingerprint density at radius 1 is 1.24 bits per heavy atom. The second kappa shape index (κ2) is 5.45. The van der Waals surface area contributed by atoms with E-state index in [1.807, 2.05) is 0 Å². The minimum atomic E-state index is -0.404. The van der Waals surface area contributed by atoms with Crippen LogP contribution in [0.25, 0.3) is 11.4 Å². The Labute approximate surface area is 124 Å². The number of carbonyl (C=O) groups excluding carboxylic acids is 1. The molecule has 3 rings (SSSR count). The maximum absolute atomic E-state index is 12.0. The average molecular weight is 301 g/mol. The number of esters is 1. The minimum absolute atomic E-state index is 0.404. The fraction of sp³-hybridized carbons (Fsp3) is 0.143. The highest BCUT2D eigenvalue weighted by Crippen LogP contribution is 2.21. The van der Waals surface area contributed by atoms with Gasteiger partial charge >= 0.3 is 5.97 Å². The van der Waals surface area contributed by atoms with Crippen molar-refractivity contribution in [2.75, 3.05) is 0 Å². The van der Waals surface area contributed by atoms with Crippen LogP contribution >= 0.6 is 11.3 Å². The zero-order chi connectivity index (χ0) is 14.8. The Morgan fingerprint density at radius 3 is 2.57 bits per heavy atom. The molecule has 0 saturated carbocycles. The molecule has 0 spiro atoms. The zero-order valence-electron chi connectivity index (χ0n) is 11.4. The molecular weight excluding hydrogens is 290 g/mol. The summed E-state index contributed by atoms with van der Waals surface area (Å²) in [6, 6.07) is 6.92. The highest BCUT2D eigenvalue weighted by Gasteiger charge is 2.14. The van der Waals surface area contributed by atoms with Crippen LogP contribution in [0.1, 0.15) is 21.3 Å². The summed E-state index contributed by atoms with van der Waals surface area (Å²) in [6.45, 7) is 3.50. The van der Waals surface area contributed by atoms with Gasteiger partial charge in [-0.25, -0.2) is 9.78 Å². The summed E-state index contributed by atoms with van der Waals surface area (Å²) in [5, 5.41) is 3.83. The van der Waals surface area contributed by atoms with Gasteiger partial charge in [0.05, 0.1) is 11.2 Å². The highest BCUT2D eigenvalue weighted by atomic mass is 32.1. The first kappa shape index (κ1) is 13.4. The highest BCUT2D eigenvalue weighted by molar-refractivity contribution is 7.11. The summed E-state index contributed by atoms with van der Waals surface area (Å²) in [6.07, 6.45) is 0. The summed E-state index contributed by atoms with van der Waals surface area (Å²) in [5.74, 6) is 1.06. The third kappa shape index (κ3) is 2.82. The monoisotopic (exact) mass is 301 g/mol. The Balaban J connectivity index is 1.76. The minimum Gasteiger partial charge on any atom is -0.422 e. The molecule has 1 aromatic carbocycles. The third-order valence-corrected chi connectivity index (χ3v) is 3.69. The van der Waals surface area contributed by atoms with Crippen LogP contribution in [0.5, 0.6) is 5.75 Å². The van der Waals surface area contributed by atoms with E-state index >= 15 is 0 Å². The molecule has 0 atom stereocenters. The van der Waals surface area contributed by atoms with Gasteiger partial charge in [-0.3, -0.25) is 0 Å². The lowest BCUT2D eigenvalue weighted by Gasteiger charge is -2.03. The van der Waals surface area contributed by atoms with E-state index in [0.717, 1.165) is 5.56 Å². The fourth-order valence-corrected chi connectivity index (χ4v) is 2.42. The maximum atomic E-state index is 12.0. The van der Waals surface area contributed by atoms with Crippen LogP contribution in [0, 0.1) is 13.8 Å². The molecular formula is C14H11N3O3S. The molecule has 7 heteroatoms. The van der Waals surface area contributed by atoms with Crippen molar-refractivity contribution in [1.29, 1.82) is 0 Å². The first-order valence-electron chi connectivity index (χ1n) is 6.16. The molecule has 106 valence electrons. The average Bonchev–Trinajstić information content (AvgIpc) is 3.08. The van der Waals surface area contributed by atoms with Gasteiger partial charge in [0.2, 0.25) is 11.7 Å². The number of ether oxygens (including phenoxy) is 1. The zero-order valence-corrected chi connectivity index (χ0v) is 12.2. The molecule has 0 aliphatic heterocycles. The van der Waals surface area contributed by atoms with Crippen LogP contribution in [-0.4, -0.2) is 21.1 Å². The van der Waals surface area contributed by atoms with Crippen LogP contribution in [0.2, 0.25) is 0 Å². The lowest BCUT2D eigenvalue weighted by Crippen LogP contribution is -2.07. The largest absolute Gasteiger partial charge is 0.422 e. The van der Waals surface area contributed by atoms with Gasteiger partial charge in [0.25, 0.3) is 0 Å². The van der Waals surface area contributed by atoms with Gasteiger partial charge in [0, 0.05) is 12.5 Å². The van der Waals surface area contributed by atoms with Gasteiger partial charge in [0.1, 0.15) is 10.6 Å². The van der Waals surface area contributed by atoms with Crippen molar-refractivity contribution in [3.8, 4) is 17.1 Å².